The van der Waals surface area contributed by atoms with Crippen LogP contribution in [0, 0.1) is 5.92 Å². The third kappa shape index (κ3) is 4.18. The van der Waals surface area contributed by atoms with Gasteiger partial charge in [-0.05, 0) is 18.4 Å². The second kappa shape index (κ2) is 6.48. The van der Waals surface area contributed by atoms with E-state index >= 15 is 0 Å². The highest BCUT2D eigenvalue weighted by Crippen LogP contribution is 2.03. The molecule has 4 nitrogen and oxygen atoms in total. The summed E-state index contributed by atoms with van der Waals surface area (Å²) in [5.41, 5.74) is 0.135. The van der Waals surface area contributed by atoms with Crippen molar-refractivity contribution < 1.29 is 4.79 Å². The maximum Gasteiger partial charge on any atom is 0.251 e. The zero-order chi connectivity index (χ0) is 12.0. The summed E-state index contributed by atoms with van der Waals surface area (Å²) in [5, 5.41) is 3.72. The average molecular weight is 287 g/mol. The minimum atomic E-state index is -0.263. The van der Waals surface area contributed by atoms with Crippen LogP contribution in [0.5, 0.6) is 0 Å². The number of alkyl halides is 1. The van der Waals surface area contributed by atoms with E-state index < -0.39 is 0 Å². The number of pyridine rings is 1. The number of carbonyl (C=O) groups is 1. The van der Waals surface area contributed by atoms with Gasteiger partial charge in [-0.3, -0.25) is 9.59 Å². The Kier molecular flexibility index (Phi) is 5.25. The lowest BCUT2D eigenvalue weighted by atomic mass is 10.1. The van der Waals surface area contributed by atoms with E-state index in [4.69, 9.17) is 0 Å². The number of aromatic nitrogens is 1. The van der Waals surface area contributed by atoms with E-state index in [1.807, 2.05) is 0 Å². The van der Waals surface area contributed by atoms with E-state index in [0.717, 1.165) is 11.8 Å². The summed E-state index contributed by atoms with van der Waals surface area (Å²) in [4.78, 5) is 25.1. The van der Waals surface area contributed by atoms with Crippen LogP contribution >= 0.6 is 15.9 Å². The van der Waals surface area contributed by atoms with Crippen LogP contribution in [-0.4, -0.2) is 22.8 Å². The number of aromatic amines is 1. The van der Waals surface area contributed by atoms with Crippen molar-refractivity contribution in [2.24, 2.45) is 5.92 Å². The number of hydrogen-bond donors (Lipinski definition) is 2. The number of carbonyl (C=O) groups excluding carboxylic acids is 1. The molecule has 0 radical (unpaired) electrons. The van der Waals surface area contributed by atoms with Crippen LogP contribution in [0.3, 0.4) is 0 Å². The molecular weight excluding hydrogens is 272 g/mol. The van der Waals surface area contributed by atoms with Crippen molar-refractivity contribution >= 4 is 21.8 Å². The lowest BCUT2D eigenvalue weighted by Gasteiger charge is -2.10. The smallest absolute Gasteiger partial charge is 0.251 e. The molecule has 5 heteroatoms. The van der Waals surface area contributed by atoms with E-state index in [-0.39, 0.29) is 11.5 Å². The standard InChI is InChI=1S/C11H15BrN2O2/c1-8(2-4-12)7-14-11(16)9-3-5-13-10(15)6-9/h3,5-6,8H,2,4,7H2,1H3,(H,13,15)(H,14,16). The molecule has 0 saturated carbocycles. The van der Waals surface area contributed by atoms with Crippen LogP contribution < -0.4 is 10.9 Å². The first-order valence-electron chi connectivity index (χ1n) is 5.16. The lowest BCUT2D eigenvalue weighted by molar-refractivity contribution is 0.0947. The Morgan fingerprint density at radius 3 is 3.00 bits per heavy atom. The Morgan fingerprint density at radius 2 is 2.38 bits per heavy atom. The van der Waals surface area contributed by atoms with Gasteiger partial charge in [-0.15, -0.1) is 0 Å². The highest BCUT2D eigenvalue weighted by atomic mass is 79.9. The zero-order valence-electron chi connectivity index (χ0n) is 9.13. The molecule has 2 N–H and O–H groups in total. The van der Waals surface area contributed by atoms with Gasteiger partial charge in [-0.2, -0.15) is 0 Å². The quantitative estimate of drug-likeness (QED) is 0.807. The SMILES string of the molecule is CC(CCBr)CNC(=O)c1cc[nH]c(=O)c1. The fraction of sp³-hybridized carbons (Fsp3) is 0.455. The second-order valence-corrected chi connectivity index (χ2v) is 4.53. The van der Waals surface area contributed by atoms with Crippen molar-refractivity contribution in [3.05, 3.63) is 34.2 Å². The summed E-state index contributed by atoms with van der Waals surface area (Å²) in [7, 11) is 0. The monoisotopic (exact) mass is 286 g/mol. The number of rotatable bonds is 5. The molecule has 1 aromatic heterocycles. The van der Waals surface area contributed by atoms with Crippen molar-refractivity contribution in [3.8, 4) is 0 Å². The van der Waals surface area contributed by atoms with Crippen molar-refractivity contribution in [1.82, 2.24) is 10.3 Å². The molecule has 1 aromatic rings. The molecule has 1 amide bonds. The van der Waals surface area contributed by atoms with Gasteiger partial charge in [0.25, 0.3) is 5.91 Å². The molecule has 1 atom stereocenters. The molecule has 0 aromatic carbocycles. The molecule has 0 bridgehead atoms. The zero-order valence-corrected chi connectivity index (χ0v) is 10.7. The molecule has 1 rings (SSSR count). The normalized spacial score (nSPS) is 12.1. The molecule has 0 aliphatic rings. The van der Waals surface area contributed by atoms with Crippen LogP contribution in [0.1, 0.15) is 23.7 Å². The third-order valence-corrected chi connectivity index (χ3v) is 2.71. The number of halogens is 1. The Labute approximate surface area is 103 Å². The van der Waals surface area contributed by atoms with E-state index in [0.29, 0.717) is 18.0 Å². The molecule has 1 heterocycles. The van der Waals surface area contributed by atoms with Gasteiger partial charge in [0.2, 0.25) is 5.56 Å². The predicted molar refractivity (Wildman–Crippen MR) is 67.0 cm³/mol. The van der Waals surface area contributed by atoms with Gasteiger partial charge < -0.3 is 10.3 Å². The number of nitrogens with one attached hydrogen (secondary N) is 2. The molecule has 16 heavy (non-hydrogen) atoms. The highest BCUT2D eigenvalue weighted by molar-refractivity contribution is 9.09. The van der Waals surface area contributed by atoms with Crippen LogP contribution in [0.25, 0.3) is 0 Å². The van der Waals surface area contributed by atoms with Crippen molar-refractivity contribution in [1.29, 1.82) is 0 Å². The minimum Gasteiger partial charge on any atom is -0.352 e. The van der Waals surface area contributed by atoms with Crippen molar-refractivity contribution in [2.75, 3.05) is 11.9 Å². The maximum atomic E-state index is 11.6. The maximum absolute atomic E-state index is 11.6. The molecule has 1 unspecified atom stereocenters. The summed E-state index contributed by atoms with van der Waals surface area (Å²) >= 11 is 3.35. The second-order valence-electron chi connectivity index (χ2n) is 3.73. The van der Waals surface area contributed by atoms with Crippen LogP contribution in [0.4, 0.5) is 0 Å². The van der Waals surface area contributed by atoms with E-state index in [1.165, 1.54) is 12.3 Å². The Bertz CT molecular complexity index is 403. The van der Waals surface area contributed by atoms with Gasteiger partial charge in [0.15, 0.2) is 0 Å². The highest BCUT2D eigenvalue weighted by Gasteiger charge is 2.07. The van der Waals surface area contributed by atoms with E-state index in [9.17, 15) is 9.59 Å². The first kappa shape index (κ1) is 13.0. The average Bonchev–Trinajstić information content (AvgIpc) is 2.26. The first-order valence-corrected chi connectivity index (χ1v) is 6.28. The molecule has 0 aliphatic heterocycles. The van der Waals surface area contributed by atoms with Crippen LogP contribution in [0.2, 0.25) is 0 Å². The fourth-order valence-electron chi connectivity index (χ4n) is 1.24. The predicted octanol–water partition coefficient (Wildman–Crippen LogP) is 1.53. The van der Waals surface area contributed by atoms with Crippen LogP contribution in [-0.2, 0) is 0 Å². The number of amides is 1. The topological polar surface area (TPSA) is 62.0 Å². The largest absolute Gasteiger partial charge is 0.352 e. The van der Waals surface area contributed by atoms with E-state index in [2.05, 4.69) is 33.2 Å². The third-order valence-electron chi connectivity index (χ3n) is 2.25. The minimum absolute atomic E-state index is 0.201. The fourth-order valence-corrected chi connectivity index (χ4v) is 2.02. The van der Waals surface area contributed by atoms with Gasteiger partial charge in [0.05, 0.1) is 0 Å². The summed E-state index contributed by atoms with van der Waals surface area (Å²) in [6, 6.07) is 2.89. The van der Waals surface area contributed by atoms with Gasteiger partial charge in [-0.25, -0.2) is 0 Å². The molecule has 0 spiro atoms. The number of H-pyrrole nitrogens is 1. The van der Waals surface area contributed by atoms with E-state index in [1.54, 1.807) is 6.07 Å². The summed E-state index contributed by atoms with van der Waals surface area (Å²) in [6.07, 6.45) is 2.48. The van der Waals surface area contributed by atoms with Gasteiger partial charge in [-0.1, -0.05) is 22.9 Å². The van der Waals surface area contributed by atoms with Gasteiger partial charge >= 0.3 is 0 Å². The van der Waals surface area contributed by atoms with Crippen LogP contribution in [0.15, 0.2) is 23.1 Å². The Morgan fingerprint density at radius 1 is 1.62 bits per heavy atom. The van der Waals surface area contributed by atoms with Crippen molar-refractivity contribution in [2.45, 2.75) is 13.3 Å². The van der Waals surface area contributed by atoms with Crippen molar-refractivity contribution in [3.63, 3.8) is 0 Å². The Hall–Kier alpha value is -1.10. The molecule has 0 saturated heterocycles. The molecule has 0 fully saturated rings. The molecule has 88 valence electrons. The number of hydrogen-bond acceptors (Lipinski definition) is 2. The van der Waals surface area contributed by atoms with Gasteiger partial charge in [0, 0.05) is 29.7 Å². The summed E-state index contributed by atoms with van der Waals surface area (Å²) in [6.45, 7) is 2.69. The van der Waals surface area contributed by atoms with Gasteiger partial charge in [0.1, 0.15) is 0 Å². The molecule has 0 aliphatic carbocycles. The first-order chi connectivity index (χ1) is 7.63. The summed E-state index contributed by atoms with van der Waals surface area (Å²) in [5.74, 6) is 0.220. The Balaban J connectivity index is 2.50. The lowest BCUT2D eigenvalue weighted by Crippen LogP contribution is -2.29. The summed E-state index contributed by atoms with van der Waals surface area (Å²) < 4.78 is 0. The molecular formula is C11H15BrN2O2.